The molecule has 4 nitrogen and oxygen atoms in total. The maximum absolute atomic E-state index is 11.1. The van der Waals surface area contributed by atoms with Crippen molar-refractivity contribution in [2.45, 2.75) is 18.3 Å². The van der Waals surface area contributed by atoms with Crippen LogP contribution in [-0.2, 0) is 10.4 Å². The van der Waals surface area contributed by atoms with Gasteiger partial charge in [0.15, 0.2) is 0 Å². The molecule has 20 heavy (non-hydrogen) atoms. The number of hydrogen-bond donors (Lipinski definition) is 2. The second kappa shape index (κ2) is 4.44. The van der Waals surface area contributed by atoms with E-state index in [4.69, 9.17) is 4.84 Å². The standard InChI is InChI=1S/C16H15NO3/c1-15(18)16(19,13-10-6-3-7-11-13)14(17-20-15)12-8-4-2-5-9-12/h2-11,18-19H,1H3. The molecule has 0 saturated carbocycles. The van der Waals surface area contributed by atoms with Gasteiger partial charge in [-0.05, 0) is 5.56 Å². The van der Waals surface area contributed by atoms with Crippen LogP contribution in [0.1, 0.15) is 18.1 Å². The second-order valence-electron chi connectivity index (χ2n) is 4.96. The first-order valence-electron chi connectivity index (χ1n) is 6.38. The van der Waals surface area contributed by atoms with Crippen LogP contribution in [0.3, 0.4) is 0 Å². The van der Waals surface area contributed by atoms with Crippen LogP contribution in [0.2, 0.25) is 0 Å². The Labute approximate surface area is 116 Å². The van der Waals surface area contributed by atoms with Gasteiger partial charge < -0.3 is 15.1 Å². The second-order valence-corrected chi connectivity index (χ2v) is 4.96. The molecule has 2 atom stereocenters. The molecule has 0 radical (unpaired) electrons. The maximum Gasteiger partial charge on any atom is 0.270 e. The average molecular weight is 269 g/mol. The van der Waals surface area contributed by atoms with Crippen LogP contribution < -0.4 is 0 Å². The molecule has 2 unspecified atom stereocenters. The lowest BCUT2D eigenvalue weighted by molar-refractivity contribution is -0.251. The summed E-state index contributed by atoms with van der Waals surface area (Å²) < 4.78 is 0. The average Bonchev–Trinajstić information content (AvgIpc) is 2.73. The van der Waals surface area contributed by atoms with E-state index in [2.05, 4.69) is 5.16 Å². The monoisotopic (exact) mass is 269 g/mol. The van der Waals surface area contributed by atoms with Crippen LogP contribution in [0.5, 0.6) is 0 Å². The van der Waals surface area contributed by atoms with Gasteiger partial charge in [-0.15, -0.1) is 0 Å². The summed E-state index contributed by atoms with van der Waals surface area (Å²) in [5.74, 6) is -1.82. The summed E-state index contributed by atoms with van der Waals surface area (Å²) in [5, 5.41) is 25.4. The highest BCUT2D eigenvalue weighted by molar-refractivity contribution is 6.08. The van der Waals surface area contributed by atoms with E-state index >= 15 is 0 Å². The van der Waals surface area contributed by atoms with E-state index in [1.807, 2.05) is 36.4 Å². The Balaban J connectivity index is 2.17. The van der Waals surface area contributed by atoms with E-state index in [1.165, 1.54) is 6.92 Å². The molecule has 1 heterocycles. The fourth-order valence-electron chi connectivity index (χ4n) is 2.43. The summed E-state index contributed by atoms with van der Waals surface area (Å²) in [6.07, 6.45) is 0. The molecular weight excluding hydrogens is 254 g/mol. The molecule has 4 heteroatoms. The van der Waals surface area contributed by atoms with Gasteiger partial charge in [0.1, 0.15) is 5.71 Å². The van der Waals surface area contributed by atoms with Crippen LogP contribution in [0.4, 0.5) is 0 Å². The predicted octanol–water partition coefficient (Wildman–Crippen LogP) is 2.02. The molecule has 0 aromatic heterocycles. The van der Waals surface area contributed by atoms with Crippen molar-refractivity contribution >= 4 is 5.71 Å². The Morgan fingerprint density at radius 1 is 0.900 bits per heavy atom. The Kier molecular flexibility index (Phi) is 2.85. The highest BCUT2D eigenvalue weighted by Gasteiger charge is 2.58. The summed E-state index contributed by atoms with van der Waals surface area (Å²) in [6.45, 7) is 1.40. The predicted molar refractivity (Wildman–Crippen MR) is 75.0 cm³/mol. The fraction of sp³-hybridized carbons (Fsp3) is 0.188. The third-order valence-electron chi connectivity index (χ3n) is 3.57. The van der Waals surface area contributed by atoms with E-state index in [-0.39, 0.29) is 0 Å². The van der Waals surface area contributed by atoms with Crippen molar-refractivity contribution in [1.82, 2.24) is 0 Å². The number of oxime groups is 1. The molecule has 1 aliphatic heterocycles. The molecular formula is C16H15NO3. The van der Waals surface area contributed by atoms with Gasteiger partial charge in [0.05, 0.1) is 0 Å². The first kappa shape index (κ1) is 12.8. The first-order chi connectivity index (χ1) is 9.56. The van der Waals surface area contributed by atoms with Crippen molar-refractivity contribution < 1.29 is 15.1 Å². The van der Waals surface area contributed by atoms with E-state index < -0.39 is 11.4 Å². The molecule has 2 aromatic rings. The van der Waals surface area contributed by atoms with Gasteiger partial charge >= 0.3 is 0 Å². The highest BCUT2D eigenvalue weighted by atomic mass is 16.7. The SMILES string of the molecule is CC1(O)ON=C(c2ccccc2)C1(O)c1ccccc1. The summed E-state index contributed by atoms with van der Waals surface area (Å²) in [5.41, 5.74) is -0.175. The third kappa shape index (κ3) is 1.73. The zero-order chi connectivity index (χ0) is 14.2. The molecule has 0 saturated heterocycles. The van der Waals surface area contributed by atoms with Crippen LogP contribution >= 0.6 is 0 Å². The van der Waals surface area contributed by atoms with Crippen LogP contribution in [0, 0.1) is 0 Å². The maximum atomic E-state index is 11.1. The molecule has 2 aromatic carbocycles. The number of rotatable bonds is 2. The highest BCUT2D eigenvalue weighted by Crippen LogP contribution is 2.42. The largest absolute Gasteiger partial charge is 0.373 e. The number of aliphatic hydroxyl groups is 2. The summed E-state index contributed by atoms with van der Waals surface area (Å²) in [7, 11) is 0. The zero-order valence-electron chi connectivity index (χ0n) is 11.0. The fourth-order valence-corrected chi connectivity index (χ4v) is 2.43. The minimum atomic E-state index is -1.82. The topological polar surface area (TPSA) is 62.0 Å². The van der Waals surface area contributed by atoms with E-state index in [1.54, 1.807) is 24.3 Å². The minimum absolute atomic E-state index is 0.300. The molecule has 0 bridgehead atoms. The Morgan fingerprint density at radius 2 is 1.45 bits per heavy atom. The smallest absolute Gasteiger partial charge is 0.270 e. The molecule has 0 aliphatic carbocycles. The Hall–Kier alpha value is -2.17. The van der Waals surface area contributed by atoms with Crippen molar-refractivity contribution in [2.24, 2.45) is 5.16 Å². The van der Waals surface area contributed by atoms with Crippen LogP contribution in [0.15, 0.2) is 65.8 Å². The lowest BCUT2D eigenvalue weighted by Crippen LogP contribution is -2.52. The molecule has 2 N–H and O–H groups in total. The number of hydrogen-bond acceptors (Lipinski definition) is 4. The van der Waals surface area contributed by atoms with Crippen molar-refractivity contribution in [3.63, 3.8) is 0 Å². The van der Waals surface area contributed by atoms with Crippen molar-refractivity contribution in [2.75, 3.05) is 0 Å². The zero-order valence-corrected chi connectivity index (χ0v) is 11.0. The lowest BCUT2D eigenvalue weighted by Gasteiger charge is -2.33. The summed E-state index contributed by atoms with van der Waals surface area (Å²) in [6, 6.07) is 18.1. The number of nitrogens with zero attached hydrogens (tertiary/aromatic N) is 1. The Bertz CT molecular complexity index is 637. The number of benzene rings is 2. The molecule has 102 valence electrons. The van der Waals surface area contributed by atoms with E-state index in [0.29, 0.717) is 16.8 Å². The van der Waals surface area contributed by atoms with E-state index in [0.717, 1.165) is 0 Å². The van der Waals surface area contributed by atoms with Crippen molar-refractivity contribution in [1.29, 1.82) is 0 Å². The molecule has 0 fully saturated rings. The van der Waals surface area contributed by atoms with Gasteiger partial charge in [0.25, 0.3) is 5.79 Å². The third-order valence-corrected chi connectivity index (χ3v) is 3.57. The summed E-state index contributed by atoms with van der Waals surface area (Å²) >= 11 is 0. The van der Waals surface area contributed by atoms with E-state index in [9.17, 15) is 10.2 Å². The Morgan fingerprint density at radius 3 is 2.05 bits per heavy atom. The van der Waals surface area contributed by atoms with Gasteiger partial charge in [0, 0.05) is 12.5 Å². The molecule has 1 aliphatic rings. The first-order valence-corrected chi connectivity index (χ1v) is 6.38. The van der Waals surface area contributed by atoms with Crippen molar-refractivity contribution in [3.05, 3.63) is 71.8 Å². The minimum Gasteiger partial charge on any atom is -0.373 e. The van der Waals surface area contributed by atoms with Crippen LogP contribution in [0.25, 0.3) is 0 Å². The van der Waals surface area contributed by atoms with Crippen molar-refractivity contribution in [3.8, 4) is 0 Å². The normalized spacial score (nSPS) is 28.9. The van der Waals surface area contributed by atoms with Gasteiger partial charge in [-0.25, -0.2) is 0 Å². The van der Waals surface area contributed by atoms with Crippen LogP contribution in [-0.4, -0.2) is 21.7 Å². The molecule has 0 spiro atoms. The quantitative estimate of drug-likeness (QED) is 0.876. The van der Waals surface area contributed by atoms with Gasteiger partial charge in [0.2, 0.25) is 5.60 Å². The van der Waals surface area contributed by atoms with Gasteiger partial charge in [-0.1, -0.05) is 65.8 Å². The van der Waals surface area contributed by atoms with Gasteiger partial charge in [-0.2, -0.15) is 0 Å². The molecule has 3 rings (SSSR count). The van der Waals surface area contributed by atoms with Gasteiger partial charge in [-0.3, -0.25) is 0 Å². The lowest BCUT2D eigenvalue weighted by atomic mass is 9.80. The molecule has 0 amide bonds. The summed E-state index contributed by atoms with van der Waals surface area (Å²) in [4.78, 5) is 5.07.